The highest BCUT2D eigenvalue weighted by Crippen LogP contribution is 2.02. The minimum Gasteiger partial charge on any atom is -0.301 e. The average molecular weight is 165 g/mol. The van der Waals surface area contributed by atoms with E-state index in [1.54, 1.807) is 0 Å². The Balaban J connectivity index is 0. The van der Waals surface area contributed by atoms with Gasteiger partial charge in [0.15, 0.2) is 0 Å². The maximum atomic E-state index is 3.25. The monoisotopic (exact) mass is 165 g/mol. The van der Waals surface area contributed by atoms with Crippen molar-refractivity contribution in [2.75, 3.05) is 25.9 Å². The fraction of sp³-hybridized carbons (Fsp3) is 1.00. The van der Waals surface area contributed by atoms with Crippen LogP contribution in [0.2, 0.25) is 0 Å². The number of rotatable bonds is 0. The first kappa shape index (κ1) is 12.9. The van der Waals surface area contributed by atoms with Crippen LogP contribution in [0.1, 0.15) is 14.9 Å². The molecule has 0 unspecified atom stereocenters. The molecule has 0 spiro atoms. The third-order valence-corrected chi connectivity index (χ3v) is 2.00. The minimum atomic E-state index is 0. The van der Waals surface area contributed by atoms with E-state index in [-0.39, 0.29) is 14.9 Å². The molecule has 0 bridgehead atoms. The van der Waals surface area contributed by atoms with Gasteiger partial charge in [0, 0.05) is 25.9 Å². The molecule has 1 saturated heterocycles. The summed E-state index contributed by atoms with van der Waals surface area (Å²) in [4.78, 5) is 0. The van der Waals surface area contributed by atoms with Crippen molar-refractivity contribution >= 4 is 8.58 Å². The van der Waals surface area contributed by atoms with Gasteiger partial charge < -0.3 is 10.6 Å². The lowest BCUT2D eigenvalue weighted by Gasteiger charge is -2.11. The van der Waals surface area contributed by atoms with Crippen molar-refractivity contribution in [3.63, 3.8) is 0 Å². The smallest absolute Gasteiger partial charge is 0.0467 e. The average Bonchev–Trinajstić information content (AvgIpc) is 1.62. The molecule has 0 aromatic rings. The van der Waals surface area contributed by atoms with Crippen LogP contribution in [0.5, 0.6) is 0 Å². The lowest BCUT2D eigenvalue weighted by Crippen LogP contribution is -2.38. The van der Waals surface area contributed by atoms with Crippen LogP contribution in [-0.4, -0.2) is 25.9 Å². The van der Waals surface area contributed by atoms with Crippen LogP contribution in [0.4, 0.5) is 0 Å². The summed E-state index contributed by atoms with van der Waals surface area (Å²) in [5, 5.41) is 9.67. The van der Waals surface area contributed by atoms with E-state index in [1.807, 2.05) is 0 Å². The lowest BCUT2D eigenvalue weighted by atomic mass is 10.9. The third-order valence-electron chi connectivity index (χ3n) is 1.000. The largest absolute Gasteiger partial charge is 0.301 e. The molecule has 64 valence electrons. The molecular formula is C6H20N3P. The molecule has 0 saturated carbocycles. The highest BCUT2D eigenvalue weighted by molar-refractivity contribution is 7.37. The molecule has 1 aliphatic rings. The fourth-order valence-corrected chi connectivity index (χ4v) is 1.33. The first-order chi connectivity index (χ1) is 4.00. The molecule has 0 amide bonds. The summed E-state index contributed by atoms with van der Waals surface area (Å²) in [6, 6.07) is 0. The Labute approximate surface area is 66.1 Å². The zero-order valence-electron chi connectivity index (χ0n) is 4.83. The van der Waals surface area contributed by atoms with Crippen molar-refractivity contribution in [2.45, 2.75) is 14.9 Å². The van der Waals surface area contributed by atoms with Crippen molar-refractivity contribution < 1.29 is 0 Å². The summed E-state index contributed by atoms with van der Waals surface area (Å²) in [5.74, 6) is 0. The molecule has 0 aliphatic carbocycles. The molecule has 3 nitrogen and oxygen atoms in total. The summed E-state index contributed by atoms with van der Waals surface area (Å²) in [7, 11) is 1.03. The van der Waals surface area contributed by atoms with Gasteiger partial charge in [0.25, 0.3) is 0 Å². The Hall–Kier alpha value is 0.310. The standard InChI is InChI=1S/C4H12N3P.2CH4/c1-5-2-7-4-8-3-6-1;;/h5-8H,1-4H2;2*1H4. The SMILES string of the molecule is C.C.C1NCNCPCN1. The van der Waals surface area contributed by atoms with Crippen molar-refractivity contribution in [1.82, 2.24) is 16.0 Å². The van der Waals surface area contributed by atoms with Gasteiger partial charge in [0.2, 0.25) is 0 Å². The normalized spacial score (nSPS) is 19.2. The van der Waals surface area contributed by atoms with Crippen LogP contribution < -0.4 is 16.0 Å². The van der Waals surface area contributed by atoms with E-state index in [0.29, 0.717) is 0 Å². The van der Waals surface area contributed by atoms with Crippen LogP contribution in [0, 0.1) is 0 Å². The van der Waals surface area contributed by atoms with Gasteiger partial charge >= 0.3 is 0 Å². The fourth-order valence-electron chi connectivity index (χ4n) is 0.604. The van der Waals surface area contributed by atoms with Gasteiger partial charge in [0.1, 0.15) is 0 Å². The van der Waals surface area contributed by atoms with E-state index in [4.69, 9.17) is 0 Å². The van der Waals surface area contributed by atoms with E-state index in [9.17, 15) is 0 Å². The molecule has 1 rings (SSSR count). The van der Waals surface area contributed by atoms with Gasteiger partial charge in [-0.15, -0.1) is 0 Å². The Bertz CT molecular complexity index is 37.0. The van der Waals surface area contributed by atoms with E-state index in [0.717, 1.165) is 34.5 Å². The first-order valence-corrected chi connectivity index (χ1v) is 4.24. The molecule has 4 heteroatoms. The van der Waals surface area contributed by atoms with E-state index >= 15 is 0 Å². The van der Waals surface area contributed by atoms with Gasteiger partial charge in [-0.2, -0.15) is 0 Å². The highest BCUT2D eigenvalue weighted by atomic mass is 31.1. The second-order valence-corrected chi connectivity index (χ2v) is 2.91. The first-order valence-electron chi connectivity index (χ1n) is 2.83. The maximum Gasteiger partial charge on any atom is 0.0467 e. The molecule has 3 N–H and O–H groups in total. The van der Waals surface area contributed by atoms with Crippen LogP contribution in [-0.2, 0) is 0 Å². The quantitative estimate of drug-likeness (QED) is 0.459. The summed E-state index contributed by atoms with van der Waals surface area (Å²) >= 11 is 0. The third kappa shape index (κ3) is 6.43. The van der Waals surface area contributed by atoms with Gasteiger partial charge in [-0.25, -0.2) is 0 Å². The molecule has 1 fully saturated rings. The predicted molar refractivity (Wildman–Crippen MR) is 50.7 cm³/mol. The summed E-state index contributed by atoms with van der Waals surface area (Å²) in [6.45, 7) is 1.89. The number of hydrogen-bond acceptors (Lipinski definition) is 3. The minimum absolute atomic E-state index is 0. The van der Waals surface area contributed by atoms with Gasteiger partial charge in [0.05, 0.1) is 0 Å². The molecule has 1 aliphatic heterocycles. The number of nitrogens with one attached hydrogen (secondary N) is 3. The Morgan fingerprint density at radius 2 is 1.30 bits per heavy atom. The maximum absolute atomic E-state index is 3.25. The van der Waals surface area contributed by atoms with E-state index in [1.165, 1.54) is 0 Å². The molecule has 10 heavy (non-hydrogen) atoms. The second-order valence-electron chi connectivity index (χ2n) is 1.71. The zero-order valence-corrected chi connectivity index (χ0v) is 5.83. The van der Waals surface area contributed by atoms with Crippen LogP contribution in [0.15, 0.2) is 0 Å². The Morgan fingerprint density at radius 1 is 0.800 bits per heavy atom. The van der Waals surface area contributed by atoms with E-state index in [2.05, 4.69) is 16.0 Å². The molecule has 0 aromatic heterocycles. The summed E-state index contributed by atoms with van der Waals surface area (Å²) in [5.41, 5.74) is 0. The van der Waals surface area contributed by atoms with Crippen molar-refractivity contribution in [3.8, 4) is 0 Å². The van der Waals surface area contributed by atoms with Crippen molar-refractivity contribution in [3.05, 3.63) is 0 Å². The Morgan fingerprint density at radius 3 is 1.80 bits per heavy atom. The van der Waals surface area contributed by atoms with Gasteiger partial charge in [-0.1, -0.05) is 23.4 Å². The summed E-state index contributed by atoms with van der Waals surface area (Å²) < 4.78 is 0. The summed E-state index contributed by atoms with van der Waals surface area (Å²) in [6.07, 6.45) is 2.31. The zero-order chi connectivity index (χ0) is 5.66. The van der Waals surface area contributed by atoms with Crippen LogP contribution in [0.25, 0.3) is 0 Å². The van der Waals surface area contributed by atoms with Crippen LogP contribution >= 0.6 is 8.58 Å². The van der Waals surface area contributed by atoms with Crippen molar-refractivity contribution in [1.29, 1.82) is 0 Å². The van der Waals surface area contributed by atoms with E-state index < -0.39 is 0 Å². The molecule has 0 atom stereocenters. The topological polar surface area (TPSA) is 36.1 Å². The molecule has 0 radical (unpaired) electrons. The predicted octanol–water partition coefficient (Wildman–Crippen LogP) is 0.549. The molecule has 1 heterocycles. The van der Waals surface area contributed by atoms with Gasteiger partial charge in [-0.05, 0) is 0 Å². The van der Waals surface area contributed by atoms with Gasteiger partial charge in [-0.3, -0.25) is 5.32 Å². The van der Waals surface area contributed by atoms with Crippen molar-refractivity contribution in [2.24, 2.45) is 0 Å². The molecule has 0 aromatic carbocycles. The van der Waals surface area contributed by atoms with Crippen LogP contribution in [0.3, 0.4) is 0 Å². The Kier molecular flexibility index (Phi) is 12.0. The second kappa shape index (κ2) is 9.31. The highest BCUT2D eigenvalue weighted by Gasteiger charge is 1.90. The molecular weight excluding hydrogens is 145 g/mol. The lowest BCUT2D eigenvalue weighted by molar-refractivity contribution is 0.570. The number of hydrogen-bond donors (Lipinski definition) is 3.